The van der Waals surface area contributed by atoms with Crippen LogP contribution in [0.15, 0.2) is 61.2 Å². The van der Waals surface area contributed by atoms with Gasteiger partial charge in [0.1, 0.15) is 18.0 Å². The second-order valence-corrected chi connectivity index (χ2v) is 10.7. The summed E-state index contributed by atoms with van der Waals surface area (Å²) >= 11 is 6.44. The molecule has 224 valence electrons. The first-order chi connectivity index (χ1) is 20.7. The summed E-state index contributed by atoms with van der Waals surface area (Å²) in [4.78, 5) is 27.9. The van der Waals surface area contributed by atoms with Gasteiger partial charge in [-0.1, -0.05) is 17.7 Å². The van der Waals surface area contributed by atoms with Gasteiger partial charge < -0.3 is 20.7 Å². The lowest BCUT2D eigenvalue weighted by atomic mass is 10.0. The maximum absolute atomic E-state index is 14.0. The predicted octanol–water partition coefficient (Wildman–Crippen LogP) is 5.74. The molecule has 14 heteroatoms. The third-order valence-electron chi connectivity index (χ3n) is 7.12. The maximum Gasteiger partial charge on any atom is 0.416 e. The molecule has 2 aliphatic rings. The van der Waals surface area contributed by atoms with Crippen molar-refractivity contribution in [3.63, 3.8) is 0 Å². The summed E-state index contributed by atoms with van der Waals surface area (Å²) in [6, 6.07) is 10.6. The number of halogens is 4. The highest BCUT2D eigenvalue weighted by atomic mass is 35.5. The largest absolute Gasteiger partial charge is 0.416 e. The molecule has 0 atom stereocenters. The molecule has 3 N–H and O–H groups in total. The van der Waals surface area contributed by atoms with Crippen molar-refractivity contribution in [2.75, 3.05) is 42.3 Å². The molecule has 1 aliphatic heterocycles. The van der Waals surface area contributed by atoms with Gasteiger partial charge in [0, 0.05) is 55.4 Å². The van der Waals surface area contributed by atoms with E-state index < -0.39 is 17.6 Å². The van der Waals surface area contributed by atoms with Crippen molar-refractivity contribution >= 4 is 40.6 Å². The van der Waals surface area contributed by atoms with E-state index in [0.717, 1.165) is 18.9 Å². The van der Waals surface area contributed by atoms with Gasteiger partial charge in [0.05, 0.1) is 29.5 Å². The molecule has 6 rings (SSSR count). The second kappa shape index (κ2) is 12.2. The summed E-state index contributed by atoms with van der Waals surface area (Å²) in [6.45, 7) is 2.16. The molecule has 2 fully saturated rings. The van der Waals surface area contributed by atoms with Crippen LogP contribution in [0.25, 0.3) is 5.82 Å². The van der Waals surface area contributed by atoms with Crippen LogP contribution in [0.1, 0.15) is 34.3 Å². The van der Waals surface area contributed by atoms with E-state index in [2.05, 4.69) is 30.9 Å². The van der Waals surface area contributed by atoms with E-state index in [0.29, 0.717) is 66.3 Å². The van der Waals surface area contributed by atoms with Crippen LogP contribution in [0, 0.1) is 0 Å². The highest BCUT2D eigenvalue weighted by molar-refractivity contribution is 6.33. The summed E-state index contributed by atoms with van der Waals surface area (Å²) in [6.07, 6.45) is 2.38. The molecule has 1 saturated heterocycles. The number of ether oxygens (including phenoxy) is 1. The Balaban J connectivity index is 1.19. The van der Waals surface area contributed by atoms with Crippen LogP contribution in [0.3, 0.4) is 0 Å². The first kappa shape index (κ1) is 28.9. The van der Waals surface area contributed by atoms with E-state index in [-0.39, 0.29) is 17.7 Å². The number of benzene rings is 2. The molecule has 4 aromatic rings. The van der Waals surface area contributed by atoms with Crippen LogP contribution in [-0.4, -0.2) is 62.7 Å². The number of morpholine rings is 1. The summed E-state index contributed by atoms with van der Waals surface area (Å²) in [5.41, 5.74) is -0.0822. The maximum atomic E-state index is 14.0. The molecule has 0 spiro atoms. The average molecular weight is 613 g/mol. The van der Waals surface area contributed by atoms with Crippen molar-refractivity contribution in [1.29, 1.82) is 0 Å². The summed E-state index contributed by atoms with van der Waals surface area (Å²) in [7, 11) is 0. The van der Waals surface area contributed by atoms with Crippen LogP contribution >= 0.6 is 11.6 Å². The standard InChI is InChI=1S/C29H28ClF3N8O2/c30-23-6-5-21(14-24(23)39-28-34-7-8-41(28)26-15-25(35-17-36-26)37-20-3-4-20)38-27(42)18-1-2-19(22(13-18)29(31,32)33)16-40-9-11-43-12-10-40/h1-2,5-8,13-15,17,20H,3-4,9-12,16H2,(H,34,39)(H,38,42)(H,35,36,37). The van der Waals surface area contributed by atoms with E-state index in [1.54, 1.807) is 35.2 Å². The summed E-state index contributed by atoms with van der Waals surface area (Å²) in [5, 5.41) is 9.50. The van der Waals surface area contributed by atoms with E-state index in [4.69, 9.17) is 16.3 Å². The Bertz CT molecular complexity index is 1620. The molecule has 3 heterocycles. The van der Waals surface area contributed by atoms with Crippen LogP contribution in [0.2, 0.25) is 5.02 Å². The van der Waals surface area contributed by atoms with Gasteiger partial charge in [-0.25, -0.2) is 15.0 Å². The summed E-state index contributed by atoms with van der Waals surface area (Å²) in [5.74, 6) is 1.01. The number of carbonyl (C=O) groups is 1. The fourth-order valence-corrected chi connectivity index (χ4v) is 4.88. The van der Waals surface area contributed by atoms with Crippen molar-refractivity contribution < 1.29 is 22.7 Å². The second-order valence-electron chi connectivity index (χ2n) is 10.3. The number of carbonyl (C=O) groups excluding carboxylic acids is 1. The minimum absolute atomic E-state index is 0.110. The number of alkyl halides is 3. The molecular weight excluding hydrogens is 585 g/mol. The molecule has 2 aromatic heterocycles. The highest BCUT2D eigenvalue weighted by Gasteiger charge is 2.34. The number of amides is 1. The lowest BCUT2D eigenvalue weighted by Gasteiger charge is -2.27. The van der Waals surface area contributed by atoms with Crippen LogP contribution < -0.4 is 16.0 Å². The van der Waals surface area contributed by atoms with Gasteiger partial charge in [-0.15, -0.1) is 0 Å². The number of hydrogen-bond donors (Lipinski definition) is 3. The zero-order chi connectivity index (χ0) is 30.0. The van der Waals surface area contributed by atoms with Crippen molar-refractivity contribution in [2.24, 2.45) is 0 Å². The van der Waals surface area contributed by atoms with Crippen LogP contribution in [0.4, 0.5) is 36.3 Å². The van der Waals surface area contributed by atoms with Gasteiger partial charge in [-0.3, -0.25) is 14.3 Å². The number of nitrogens with one attached hydrogen (secondary N) is 3. The fourth-order valence-electron chi connectivity index (χ4n) is 4.72. The van der Waals surface area contributed by atoms with Gasteiger partial charge in [0.25, 0.3) is 5.91 Å². The van der Waals surface area contributed by atoms with Gasteiger partial charge >= 0.3 is 6.18 Å². The quantitative estimate of drug-likeness (QED) is 0.220. The van der Waals surface area contributed by atoms with Gasteiger partial charge in [-0.2, -0.15) is 13.2 Å². The average Bonchev–Trinajstić information content (AvgIpc) is 3.68. The minimum atomic E-state index is -4.62. The van der Waals surface area contributed by atoms with Gasteiger partial charge in [0.2, 0.25) is 5.95 Å². The van der Waals surface area contributed by atoms with Gasteiger partial charge in [0.15, 0.2) is 0 Å². The molecule has 2 aromatic carbocycles. The highest BCUT2D eigenvalue weighted by Crippen LogP contribution is 2.34. The normalized spacial score (nSPS) is 15.7. The fraction of sp³-hybridized carbons (Fsp3) is 0.310. The summed E-state index contributed by atoms with van der Waals surface area (Å²) < 4.78 is 48.9. The molecule has 10 nitrogen and oxygen atoms in total. The van der Waals surface area contributed by atoms with E-state index >= 15 is 0 Å². The third-order valence-corrected chi connectivity index (χ3v) is 7.44. The zero-order valence-electron chi connectivity index (χ0n) is 22.9. The first-order valence-corrected chi connectivity index (χ1v) is 14.1. The molecule has 1 aliphatic carbocycles. The monoisotopic (exact) mass is 612 g/mol. The molecule has 0 radical (unpaired) electrons. The number of hydrogen-bond acceptors (Lipinski definition) is 8. The number of rotatable bonds is 9. The number of imidazole rings is 1. The molecule has 1 amide bonds. The van der Waals surface area contributed by atoms with Crippen molar-refractivity contribution in [2.45, 2.75) is 31.6 Å². The van der Waals surface area contributed by atoms with Gasteiger partial charge in [-0.05, 0) is 48.7 Å². The molecule has 0 unspecified atom stereocenters. The Morgan fingerprint density at radius 2 is 1.86 bits per heavy atom. The SMILES string of the molecule is O=C(Nc1ccc(Cl)c(Nc2nccn2-c2cc(NC3CC3)ncn2)c1)c1ccc(CN2CCOCC2)c(C(F)(F)F)c1. The number of nitrogens with zero attached hydrogens (tertiary/aromatic N) is 5. The van der Waals surface area contributed by atoms with E-state index in [1.165, 1.54) is 18.5 Å². The Labute approximate surface area is 250 Å². The predicted molar refractivity (Wildman–Crippen MR) is 156 cm³/mol. The Morgan fingerprint density at radius 1 is 1.05 bits per heavy atom. The van der Waals surface area contributed by atoms with Crippen molar-refractivity contribution in [1.82, 2.24) is 24.4 Å². The van der Waals surface area contributed by atoms with Crippen molar-refractivity contribution in [3.05, 3.63) is 82.9 Å². The van der Waals surface area contributed by atoms with E-state index in [9.17, 15) is 18.0 Å². The molecule has 1 saturated carbocycles. The Hall–Kier alpha value is -4.20. The lowest BCUT2D eigenvalue weighted by Crippen LogP contribution is -2.36. The smallest absolute Gasteiger partial charge is 0.379 e. The lowest BCUT2D eigenvalue weighted by molar-refractivity contribution is -0.138. The van der Waals surface area contributed by atoms with Crippen LogP contribution in [0.5, 0.6) is 0 Å². The number of aromatic nitrogens is 4. The molecule has 43 heavy (non-hydrogen) atoms. The third kappa shape index (κ3) is 7.07. The zero-order valence-corrected chi connectivity index (χ0v) is 23.6. The number of anilines is 4. The van der Waals surface area contributed by atoms with E-state index in [1.807, 2.05) is 11.0 Å². The minimum Gasteiger partial charge on any atom is -0.379 e. The topological polar surface area (TPSA) is 109 Å². The Kier molecular flexibility index (Phi) is 8.19. The Morgan fingerprint density at radius 3 is 2.63 bits per heavy atom. The molecular formula is C29H28ClF3N8O2. The van der Waals surface area contributed by atoms with Crippen molar-refractivity contribution in [3.8, 4) is 5.82 Å². The van der Waals surface area contributed by atoms with Crippen LogP contribution in [-0.2, 0) is 17.5 Å². The molecule has 0 bridgehead atoms. The first-order valence-electron chi connectivity index (χ1n) is 13.7.